The van der Waals surface area contributed by atoms with Crippen LogP contribution >= 0.6 is 15.9 Å². The number of nitrogens with zero attached hydrogens (tertiary/aromatic N) is 1. The molecule has 0 aliphatic rings. The molecule has 0 amide bonds. The van der Waals surface area contributed by atoms with E-state index in [1.54, 1.807) is 0 Å². The predicted octanol–water partition coefficient (Wildman–Crippen LogP) is 2.56. The Labute approximate surface area is 91.1 Å². The largest absolute Gasteiger partial charge is 0.424 e. The molecule has 1 aromatic rings. The maximum absolute atomic E-state index is 12.4. The summed E-state index contributed by atoms with van der Waals surface area (Å²) in [6.45, 7) is -1.95. The van der Waals surface area contributed by atoms with Crippen LogP contribution in [0.3, 0.4) is 0 Å². The maximum Gasteiger partial charge on any atom is 0.424 e. The van der Waals surface area contributed by atoms with Crippen molar-refractivity contribution in [3.8, 4) is 0 Å². The van der Waals surface area contributed by atoms with Crippen LogP contribution in [0.15, 0.2) is 22.9 Å². The molecule has 0 aliphatic carbocycles. The first-order chi connectivity index (χ1) is 6.81. The van der Waals surface area contributed by atoms with Crippen LogP contribution in [0.4, 0.5) is 17.6 Å². The SMILES string of the molecule is OC(CF)(c1cncc(Br)c1)C(F)(F)F. The molecule has 84 valence electrons. The molecule has 0 aliphatic heterocycles. The number of pyridine rings is 1. The van der Waals surface area contributed by atoms with Crippen molar-refractivity contribution in [3.63, 3.8) is 0 Å². The van der Waals surface area contributed by atoms with Gasteiger partial charge in [0.25, 0.3) is 0 Å². The Balaban J connectivity index is 3.23. The van der Waals surface area contributed by atoms with Crippen molar-refractivity contribution < 1.29 is 22.7 Å². The van der Waals surface area contributed by atoms with E-state index in [1.165, 1.54) is 6.20 Å². The van der Waals surface area contributed by atoms with E-state index in [0.29, 0.717) is 0 Å². The molecule has 0 fully saturated rings. The summed E-state index contributed by atoms with van der Waals surface area (Å²) in [5.74, 6) is 0. The summed E-state index contributed by atoms with van der Waals surface area (Å²) in [6.07, 6.45) is -3.07. The van der Waals surface area contributed by atoms with Crippen molar-refractivity contribution in [2.24, 2.45) is 0 Å². The van der Waals surface area contributed by atoms with Gasteiger partial charge in [0.2, 0.25) is 5.60 Å². The fraction of sp³-hybridized carbons (Fsp3) is 0.375. The average molecular weight is 288 g/mol. The maximum atomic E-state index is 12.4. The molecule has 0 radical (unpaired) electrons. The van der Waals surface area contributed by atoms with Gasteiger partial charge in [-0.2, -0.15) is 13.2 Å². The van der Waals surface area contributed by atoms with E-state index in [9.17, 15) is 22.7 Å². The lowest BCUT2D eigenvalue weighted by Crippen LogP contribution is -2.44. The summed E-state index contributed by atoms with van der Waals surface area (Å²) >= 11 is 2.89. The summed E-state index contributed by atoms with van der Waals surface area (Å²) in [5.41, 5.74) is -4.13. The van der Waals surface area contributed by atoms with Gasteiger partial charge in [0.1, 0.15) is 6.67 Å². The minimum Gasteiger partial charge on any atom is -0.374 e. The van der Waals surface area contributed by atoms with E-state index < -0.39 is 24.0 Å². The molecule has 1 rings (SSSR count). The van der Waals surface area contributed by atoms with E-state index in [0.717, 1.165) is 12.3 Å². The second kappa shape index (κ2) is 4.05. The van der Waals surface area contributed by atoms with Gasteiger partial charge in [-0.05, 0) is 22.0 Å². The number of alkyl halides is 4. The van der Waals surface area contributed by atoms with Gasteiger partial charge in [0, 0.05) is 22.4 Å². The lowest BCUT2D eigenvalue weighted by Gasteiger charge is -2.27. The first-order valence-corrected chi connectivity index (χ1v) is 4.56. The third kappa shape index (κ3) is 2.28. The summed E-state index contributed by atoms with van der Waals surface area (Å²) in [7, 11) is 0. The summed E-state index contributed by atoms with van der Waals surface area (Å²) in [5, 5.41) is 9.19. The summed E-state index contributed by atoms with van der Waals surface area (Å²) in [6, 6.07) is 0.972. The van der Waals surface area contributed by atoms with Gasteiger partial charge >= 0.3 is 6.18 Å². The second-order valence-electron chi connectivity index (χ2n) is 2.88. The van der Waals surface area contributed by atoms with Crippen LogP contribution in [0, 0.1) is 0 Å². The normalized spacial score (nSPS) is 16.1. The molecule has 7 heteroatoms. The lowest BCUT2D eigenvalue weighted by atomic mass is 9.96. The molecule has 1 aromatic heterocycles. The quantitative estimate of drug-likeness (QED) is 0.848. The van der Waals surface area contributed by atoms with Gasteiger partial charge in [-0.3, -0.25) is 4.98 Å². The Hall–Kier alpha value is -0.690. The first kappa shape index (κ1) is 12.4. The van der Waals surface area contributed by atoms with E-state index in [-0.39, 0.29) is 4.47 Å². The van der Waals surface area contributed by atoms with Crippen molar-refractivity contribution in [2.75, 3.05) is 6.67 Å². The molecular weight excluding hydrogens is 282 g/mol. The standard InChI is InChI=1S/C8H6BrF4NO/c9-6-1-5(2-14-3-6)7(15,4-10)8(11,12)13/h1-3,15H,4H2. The van der Waals surface area contributed by atoms with E-state index in [1.807, 2.05) is 0 Å². The molecule has 0 saturated carbocycles. The second-order valence-corrected chi connectivity index (χ2v) is 3.80. The fourth-order valence-corrected chi connectivity index (χ4v) is 1.32. The van der Waals surface area contributed by atoms with Gasteiger partial charge in [0.15, 0.2) is 0 Å². The minimum absolute atomic E-state index is 0.233. The van der Waals surface area contributed by atoms with Crippen LogP contribution in [0.25, 0.3) is 0 Å². The topological polar surface area (TPSA) is 33.1 Å². The Morgan fingerprint density at radius 2 is 1.93 bits per heavy atom. The van der Waals surface area contributed by atoms with Crippen molar-refractivity contribution in [3.05, 3.63) is 28.5 Å². The number of aromatic nitrogens is 1. The highest BCUT2D eigenvalue weighted by Gasteiger charge is 2.55. The van der Waals surface area contributed by atoms with E-state index in [4.69, 9.17) is 0 Å². The molecule has 1 atom stereocenters. The Kier molecular flexibility index (Phi) is 3.34. The molecule has 0 saturated heterocycles. The highest BCUT2D eigenvalue weighted by atomic mass is 79.9. The van der Waals surface area contributed by atoms with Gasteiger partial charge < -0.3 is 5.11 Å². The van der Waals surface area contributed by atoms with Gasteiger partial charge in [-0.1, -0.05) is 0 Å². The highest BCUT2D eigenvalue weighted by Crippen LogP contribution is 2.39. The molecule has 1 unspecified atom stereocenters. The molecular formula is C8H6BrF4NO. The number of hydrogen-bond donors (Lipinski definition) is 1. The summed E-state index contributed by atoms with van der Waals surface area (Å²) in [4.78, 5) is 3.44. The van der Waals surface area contributed by atoms with E-state index >= 15 is 0 Å². The van der Waals surface area contributed by atoms with Crippen LogP contribution in [0.2, 0.25) is 0 Å². The number of hydrogen-bond acceptors (Lipinski definition) is 2. The number of halogens is 5. The summed E-state index contributed by atoms with van der Waals surface area (Å²) < 4.78 is 49.7. The molecule has 1 heterocycles. The minimum atomic E-state index is -5.08. The fourth-order valence-electron chi connectivity index (χ4n) is 0.955. The lowest BCUT2D eigenvalue weighted by molar-refractivity contribution is -0.271. The van der Waals surface area contributed by atoms with Crippen molar-refractivity contribution in [1.29, 1.82) is 0 Å². The number of rotatable bonds is 2. The molecule has 2 nitrogen and oxygen atoms in total. The molecule has 0 spiro atoms. The van der Waals surface area contributed by atoms with E-state index in [2.05, 4.69) is 20.9 Å². The average Bonchev–Trinajstić information content (AvgIpc) is 2.14. The van der Waals surface area contributed by atoms with Crippen molar-refractivity contribution >= 4 is 15.9 Å². The molecule has 0 aromatic carbocycles. The molecule has 0 bridgehead atoms. The zero-order valence-electron chi connectivity index (χ0n) is 7.22. The third-order valence-corrected chi connectivity index (χ3v) is 2.28. The zero-order chi connectivity index (χ0) is 11.7. The van der Waals surface area contributed by atoms with Crippen LogP contribution in [0.1, 0.15) is 5.56 Å². The van der Waals surface area contributed by atoms with Gasteiger partial charge in [0.05, 0.1) is 0 Å². The van der Waals surface area contributed by atoms with Gasteiger partial charge in [-0.15, -0.1) is 0 Å². The monoisotopic (exact) mass is 287 g/mol. The smallest absolute Gasteiger partial charge is 0.374 e. The van der Waals surface area contributed by atoms with Gasteiger partial charge in [-0.25, -0.2) is 4.39 Å². The van der Waals surface area contributed by atoms with Crippen LogP contribution in [0.5, 0.6) is 0 Å². The first-order valence-electron chi connectivity index (χ1n) is 3.77. The Bertz CT molecular complexity index is 357. The van der Waals surface area contributed by atoms with Crippen molar-refractivity contribution in [1.82, 2.24) is 4.98 Å². The van der Waals surface area contributed by atoms with Crippen LogP contribution < -0.4 is 0 Å². The molecule has 15 heavy (non-hydrogen) atoms. The van der Waals surface area contributed by atoms with Crippen LogP contribution in [-0.4, -0.2) is 22.9 Å². The predicted molar refractivity (Wildman–Crippen MR) is 47.9 cm³/mol. The Morgan fingerprint density at radius 3 is 2.33 bits per heavy atom. The number of aliphatic hydroxyl groups is 1. The Morgan fingerprint density at radius 1 is 1.33 bits per heavy atom. The van der Waals surface area contributed by atoms with Crippen molar-refractivity contribution in [2.45, 2.75) is 11.8 Å². The van der Waals surface area contributed by atoms with Crippen LogP contribution in [-0.2, 0) is 5.60 Å². The molecule has 1 N–H and O–H groups in total. The highest BCUT2D eigenvalue weighted by molar-refractivity contribution is 9.10. The zero-order valence-corrected chi connectivity index (χ0v) is 8.81. The third-order valence-electron chi connectivity index (χ3n) is 1.84.